The van der Waals surface area contributed by atoms with Crippen molar-refractivity contribution in [1.29, 1.82) is 0 Å². The van der Waals surface area contributed by atoms with Gasteiger partial charge in [-0.1, -0.05) is 6.07 Å². The molecule has 0 spiro atoms. The first-order chi connectivity index (χ1) is 21.2. The van der Waals surface area contributed by atoms with Crippen LogP contribution in [0.15, 0.2) is 42.6 Å². The van der Waals surface area contributed by atoms with E-state index in [2.05, 4.69) is 15.4 Å². The van der Waals surface area contributed by atoms with E-state index in [9.17, 15) is 36.6 Å². The van der Waals surface area contributed by atoms with Crippen molar-refractivity contribution in [2.75, 3.05) is 20.3 Å². The van der Waals surface area contributed by atoms with Gasteiger partial charge in [0.15, 0.2) is 11.6 Å². The summed E-state index contributed by atoms with van der Waals surface area (Å²) in [7, 11) is 1.36. The number of pyridine rings is 1. The van der Waals surface area contributed by atoms with Crippen molar-refractivity contribution in [2.45, 2.75) is 43.0 Å². The van der Waals surface area contributed by atoms with Gasteiger partial charge in [-0.25, -0.2) is 13.8 Å². The van der Waals surface area contributed by atoms with Crippen molar-refractivity contribution in [1.82, 2.24) is 20.1 Å². The first-order valence-electron chi connectivity index (χ1n) is 13.7. The van der Waals surface area contributed by atoms with Gasteiger partial charge >= 0.3 is 6.18 Å². The SMILES string of the molecule is COc1cc(C(=O)NC[C@](O)(c2cc3c(c(-c4cccc(F)c4F)n2)OC[C@]3(C)C(N)=O)C(F)(F)F)cc2cn(C3CC3)nc12. The molecule has 1 aliphatic heterocycles. The van der Waals surface area contributed by atoms with Gasteiger partial charge in [-0.2, -0.15) is 18.3 Å². The van der Waals surface area contributed by atoms with Gasteiger partial charge in [-0.15, -0.1) is 0 Å². The van der Waals surface area contributed by atoms with Crippen LogP contribution in [-0.4, -0.2) is 58.1 Å². The topological polar surface area (TPSA) is 142 Å². The van der Waals surface area contributed by atoms with Crippen molar-refractivity contribution in [2.24, 2.45) is 5.73 Å². The molecule has 1 saturated carbocycles. The quantitative estimate of drug-likeness (QED) is 0.249. The van der Waals surface area contributed by atoms with Gasteiger partial charge in [-0.05, 0) is 50.1 Å². The van der Waals surface area contributed by atoms with Gasteiger partial charge < -0.3 is 25.6 Å². The zero-order valence-electron chi connectivity index (χ0n) is 23.8. The van der Waals surface area contributed by atoms with Crippen LogP contribution in [0.4, 0.5) is 22.0 Å². The maximum atomic E-state index is 14.9. The Morgan fingerprint density at radius 2 is 1.96 bits per heavy atom. The second kappa shape index (κ2) is 10.4. The number of ether oxygens (including phenoxy) is 2. The van der Waals surface area contributed by atoms with Crippen LogP contribution in [0.1, 0.15) is 47.4 Å². The number of amides is 2. The number of nitrogens with two attached hydrogens (primary N) is 1. The number of fused-ring (bicyclic) bond motifs is 2. The van der Waals surface area contributed by atoms with Crippen molar-refractivity contribution in [3.8, 4) is 22.8 Å². The molecular formula is C30H26F5N5O5. The van der Waals surface area contributed by atoms with Crippen LogP contribution in [0.5, 0.6) is 11.5 Å². The Kier molecular flexibility index (Phi) is 6.99. The fraction of sp³-hybridized carbons (Fsp3) is 0.333. The highest BCUT2D eigenvalue weighted by Gasteiger charge is 2.58. The highest BCUT2D eigenvalue weighted by Crippen LogP contribution is 2.48. The maximum Gasteiger partial charge on any atom is 0.424 e. The van der Waals surface area contributed by atoms with Crippen LogP contribution in [0, 0.1) is 11.6 Å². The van der Waals surface area contributed by atoms with Crippen LogP contribution in [0.25, 0.3) is 22.2 Å². The number of hydrogen-bond acceptors (Lipinski definition) is 7. The fourth-order valence-corrected chi connectivity index (χ4v) is 5.25. The summed E-state index contributed by atoms with van der Waals surface area (Å²) in [6.07, 6.45) is -1.88. The van der Waals surface area contributed by atoms with Crippen LogP contribution >= 0.6 is 0 Å². The van der Waals surface area contributed by atoms with Crippen molar-refractivity contribution in [3.63, 3.8) is 0 Å². The molecule has 0 radical (unpaired) electrons. The molecule has 1 fully saturated rings. The molecule has 1 aliphatic carbocycles. The lowest BCUT2D eigenvalue weighted by atomic mass is 9.81. The molecule has 2 amide bonds. The number of methoxy groups -OCH3 is 1. The van der Waals surface area contributed by atoms with E-state index in [1.54, 1.807) is 10.9 Å². The summed E-state index contributed by atoms with van der Waals surface area (Å²) < 4.78 is 85.8. The zero-order chi connectivity index (χ0) is 32.5. The first-order valence-corrected chi connectivity index (χ1v) is 13.7. The number of halogens is 5. The Labute approximate surface area is 251 Å². The molecule has 45 heavy (non-hydrogen) atoms. The van der Waals surface area contributed by atoms with Crippen LogP contribution in [-0.2, 0) is 15.8 Å². The lowest BCUT2D eigenvalue weighted by Gasteiger charge is -2.31. The molecule has 0 saturated heterocycles. The third kappa shape index (κ3) is 4.90. The van der Waals surface area contributed by atoms with E-state index in [0.29, 0.717) is 10.9 Å². The number of nitrogens with one attached hydrogen (secondary N) is 1. The van der Waals surface area contributed by atoms with E-state index < -0.39 is 70.7 Å². The smallest absolute Gasteiger partial charge is 0.424 e. The summed E-state index contributed by atoms with van der Waals surface area (Å²) in [4.78, 5) is 29.5. The lowest BCUT2D eigenvalue weighted by molar-refractivity contribution is -0.265. The Bertz CT molecular complexity index is 1870. The maximum absolute atomic E-state index is 14.9. The van der Waals surface area contributed by atoms with E-state index in [1.165, 1.54) is 26.2 Å². The number of rotatable bonds is 8. The molecule has 6 rings (SSSR count). The normalized spacial score (nSPS) is 19.1. The number of benzene rings is 2. The summed E-state index contributed by atoms with van der Waals surface area (Å²) in [5.74, 6) is -4.82. The monoisotopic (exact) mass is 631 g/mol. The van der Waals surface area contributed by atoms with Crippen LogP contribution < -0.4 is 20.5 Å². The van der Waals surface area contributed by atoms with E-state index in [4.69, 9.17) is 15.2 Å². The van der Waals surface area contributed by atoms with Gasteiger partial charge in [0.2, 0.25) is 11.5 Å². The molecule has 10 nitrogen and oxygen atoms in total. The number of primary amides is 1. The Hall–Kier alpha value is -4.79. The fourth-order valence-electron chi connectivity index (χ4n) is 5.25. The number of aromatic nitrogens is 3. The Balaban J connectivity index is 1.42. The number of carbonyl (C=O) groups is 2. The molecular weight excluding hydrogens is 605 g/mol. The molecule has 15 heteroatoms. The predicted molar refractivity (Wildman–Crippen MR) is 148 cm³/mol. The highest BCUT2D eigenvalue weighted by atomic mass is 19.4. The van der Waals surface area contributed by atoms with E-state index in [1.807, 2.05) is 0 Å². The van der Waals surface area contributed by atoms with Gasteiger partial charge in [0.05, 0.1) is 25.4 Å². The third-order valence-electron chi connectivity index (χ3n) is 8.22. The van der Waals surface area contributed by atoms with Gasteiger partial charge in [0, 0.05) is 28.3 Å². The van der Waals surface area contributed by atoms with Crippen LogP contribution in [0.3, 0.4) is 0 Å². The summed E-state index contributed by atoms with van der Waals surface area (Å²) in [6.45, 7) is -0.586. The minimum absolute atomic E-state index is 0.0710. The predicted octanol–water partition coefficient (Wildman–Crippen LogP) is 4.04. The van der Waals surface area contributed by atoms with Gasteiger partial charge in [0.1, 0.15) is 34.7 Å². The molecule has 0 unspecified atom stereocenters. The molecule has 2 aliphatic rings. The average molecular weight is 632 g/mol. The summed E-state index contributed by atoms with van der Waals surface area (Å²) in [5.41, 5.74) is -2.15. The zero-order valence-corrected chi connectivity index (χ0v) is 23.8. The second-order valence-corrected chi connectivity index (χ2v) is 11.3. The minimum Gasteiger partial charge on any atom is -0.494 e. The Morgan fingerprint density at radius 3 is 2.60 bits per heavy atom. The third-order valence-corrected chi connectivity index (χ3v) is 8.22. The molecule has 236 valence electrons. The largest absolute Gasteiger partial charge is 0.494 e. The van der Waals surface area contributed by atoms with Gasteiger partial charge in [0.25, 0.3) is 5.91 Å². The summed E-state index contributed by atoms with van der Waals surface area (Å²) >= 11 is 0. The van der Waals surface area contributed by atoms with E-state index in [0.717, 1.165) is 37.1 Å². The number of aliphatic hydroxyl groups is 1. The highest BCUT2D eigenvalue weighted by molar-refractivity contribution is 6.00. The first kappa shape index (κ1) is 30.2. The van der Waals surface area contributed by atoms with Crippen LogP contribution in [0.2, 0.25) is 0 Å². The minimum atomic E-state index is -5.46. The molecule has 0 bridgehead atoms. The molecule has 2 aromatic carbocycles. The average Bonchev–Trinajstić information content (AvgIpc) is 3.66. The lowest BCUT2D eigenvalue weighted by Crippen LogP contribution is -2.51. The molecule has 4 N–H and O–H groups in total. The number of hydrogen-bond donors (Lipinski definition) is 3. The number of alkyl halides is 3. The van der Waals surface area contributed by atoms with E-state index >= 15 is 0 Å². The molecule has 3 heterocycles. The van der Waals surface area contributed by atoms with E-state index in [-0.39, 0.29) is 28.7 Å². The Morgan fingerprint density at radius 1 is 1.22 bits per heavy atom. The molecule has 2 aromatic heterocycles. The van der Waals surface area contributed by atoms with Crippen molar-refractivity contribution >= 4 is 22.7 Å². The summed E-state index contributed by atoms with van der Waals surface area (Å²) in [6, 6.07) is 6.68. The molecule has 2 atom stereocenters. The number of carbonyl (C=O) groups excluding carboxylic acids is 2. The second-order valence-electron chi connectivity index (χ2n) is 11.3. The van der Waals surface area contributed by atoms with Crippen molar-refractivity contribution < 1.29 is 46.1 Å². The number of nitrogens with zero attached hydrogens (tertiary/aromatic N) is 3. The summed E-state index contributed by atoms with van der Waals surface area (Å²) in [5, 5.41) is 18.3. The van der Waals surface area contributed by atoms with Gasteiger partial charge in [-0.3, -0.25) is 14.3 Å². The van der Waals surface area contributed by atoms with Crippen molar-refractivity contribution in [3.05, 3.63) is 71.1 Å². The standard InChI is InChI=1S/C30H26F5N5O5/c1-28(27(36)42)13-45-25-18(28)10-21(38-24(25)17-4-3-5-19(31)22(17)32)29(43,30(33,34)35)12-37-26(41)14-8-15-11-40(16-6-7-16)39-23(15)20(9-14)44-2/h3-5,8-11,16,43H,6-7,12-13H2,1-2H3,(H2,36,42)(H,37,41)/t28-,29-/m0/s1. The molecule has 4 aromatic rings.